The van der Waals surface area contributed by atoms with E-state index in [1.807, 2.05) is 0 Å². The molecule has 9 nitrogen and oxygen atoms in total. The largest absolute Gasteiger partial charge is 0.384 e. The van der Waals surface area contributed by atoms with Crippen molar-refractivity contribution in [2.24, 2.45) is 5.73 Å². The van der Waals surface area contributed by atoms with E-state index >= 15 is 0 Å². The molecule has 3 aromatic rings. The van der Waals surface area contributed by atoms with Gasteiger partial charge in [-0.15, -0.1) is 0 Å². The lowest BCUT2D eigenvalue weighted by atomic mass is 10.1. The van der Waals surface area contributed by atoms with E-state index in [1.54, 1.807) is 31.2 Å². The normalized spacial score (nSPS) is 12.2. The van der Waals surface area contributed by atoms with Crippen LogP contribution in [0.4, 0.5) is 0 Å². The molecular formula is C15H14N4O5. The zero-order chi connectivity index (χ0) is 17.3. The number of hydrogen-bond acceptors (Lipinski definition) is 7. The minimum absolute atomic E-state index is 0.0396. The predicted octanol–water partition coefficient (Wildman–Crippen LogP) is -0.489. The maximum atomic E-state index is 12.2. The Morgan fingerprint density at radius 2 is 2.17 bits per heavy atom. The van der Waals surface area contributed by atoms with Gasteiger partial charge in [0.05, 0.1) is 16.5 Å². The van der Waals surface area contributed by atoms with Crippen LogP contribution >= 0.6 is 0 Å². The quantitative estimate of drug-likeness (QED) is 0.659. The van der Waals surface area contributed by atoms with Gasteiger partial charge in [-0.3, -0.25) is 9.59 Å². The highest BCUT2D eigenvalue weighted by atomic mass is 16.7. The van der Waals surface area contributed by atoms with Gasteiger partial charge < -0.3 is 15.1 Å². The van der Waals surface area contributed by atoms with Crippen molar-refractivity contribution >= 4 is 16.9 Å². The van der Waals surface area contributed by atoms with Crippen LogP contribution in [0.25, 0.3) is 10.9 Å². The number of benzene rings is 1. The Morgan fingerprint density at radius 1 is 1.42 bits per heavy atom. The number of nitrogens with two attached hydrogens (primary N) is 1. The van der Waals surface area contributed by atoms with Crippen LogP contribution in [0.1, 0.15) is 11.3 Å². The van der Waals surface area contributed by atoms with Crippen molar-refractivity contribution in [2.45, 2.75) is 19.4 Å². The van der Waals surface area contributed by atoms with Gasteiger partial charge in [0, 0.05) is 6.42 Å². The topological polar surface area (TPSA) is 133 Å². The van der Waals surface area contributed by atoms with E-state index in [0.29, 0.717) is 16.7 Å². The van der Waals surface area contributed by atoms with E-state index in [0.717, 1.165) is 11.1 Å². The number of aromatic nitrogens is 3. The predicted molar refractivity (Wildman–Crippen MR) is 83.3 cm³/mol. The molecule has 0 saturated heterocycles. The van der Waals surface area contributed by atoms with Crippen LogP contribution in [-0.2, 0) is 11.2 Å². The van der Waals surface area contributed by atoms with Gasteiger partial charge in [0.2, 0.25) is 0 Å². The van der Waals surface area contributed by atoms with Crippen LogP contribution in [0, 0.1) is 6.92 Å². The molecule has 1 aromatic carbocycles. The summed E-state index contributed by atoms with van der Waals surface area (Å²) in [6.45, 7) is 1.59. The second-order valence-electron chi connectivity index (χ2n) is 5.18. The van der Waals surface area contributed by atoms with Crippen LogP contribution in [0.15, 0.2) is 44.7 Å². The lowest BCUT2D eigenvalue weighted by Gasteiger charge is -2.13. The lowest BCUT2D eigenvalue weighted by molar-refractivity contribution is -0.145. The number of nitrogens with zero attached hydrogens (tertiary/aromatic N) is 2. The minimum atomic E-state index is -1.08. The highest BCUT2D eigenvalue weighted by Gasteiger charge is 2.21. The van der Waals surface area contributed by atoms with Gasteiger partial charge in [0.15, 0.2) is 0 Å². The second-order valence-corrected chi connectivity index (χ2v) is 5.18. The zero-order valence-electron chi connectivity index (χ0n) is 12.7. The third-order valence-corrected chi connectivity index (χ3v) is 3.56. The summed E-state index contributed by atoms with van der Waals surface area (Å²) in [7, 11) is 0. The molecule has 9 heteroatoms. The number of nitrogens with one attached hydrogen (secondary N) is 1. The molecule has 0 aliphatic rings. The summed E-state index contributed by atoms with van der Waals surface area (Å²) >= 11 is 0. The number of para-hydroxylation sites is 1. The highest BCUT2D eigenvalue weighted by Crippen LogP contribution is 2.08. The van der Waals surface area contributed by atoms with Gasteiger partial charge in [-0.2, -0.15) is 14.9 Å². The van der Waals surface area contributed by atoms with Gasteiger partial charge in [-0.1, -0.05) is 12.1 Å². The molecule has 1 atom stereocenters. The molecule has 24 heavy (non-hydrogen) atoms. The number of hydrogen-bond donors (Lipinski definition) is 2. The number of carbonyl (C=O) groups excluding carboxylic acids is 1. The van der Waals surface area contributed by atoms with Crippen molar-refractivity contribution in [3.63, 3.8) is 0 Å². The Balaban J connectivity index is 1.84. The molecule has 0 spiro atoms. The Kier molecular flexibility index (Phi) is 4.00. The monoisotopic (exact) mass is 330 g/mol. The van der Waals surface area contributed by atoms with E-state index in [2.05, 4.69) is 10.1 Å². The summed E-state index contributed by atoms with van der Waals surface area (Å²) in [5.74, 6) is -0.413. The fraction of sp³-hybridized carbons (Fsp3) is 0.200. The van der Waals surface area contributed by atoms with Crippen molar-refractivity contribution in [1.82, 2.24) is 14.9 Å². The molecule has 1 unspecified atom stereocenters. The van der Waals surface area contributed by atoms with Gasteiger partial charge >= 0.3 is 5.97 Å². The first kappa shape index (κ1) is 15.7. The first-order chi connectivity index (χ1) is 11.5. The van der Waals surface area contributed by atoms with Crippen molar-refractivity contribution < 1.29 is 14.2 Å². The van der Waals surface area contributed by atoms with E-state index in [9.17, 15) is 14.4 Å². The number of aryl methyl sites for hydroxylation is 1. The third kappa shape index (κ3) is 2.84. The van der Waals surface area contributed by atoms with Gasteiger partial charge in [0.25, 0.3) is 11.1 Å². The highest BCUT2D eigenvalue weighted by molar-refractivity contribution is 5.80. The minimum Gasteiger partial charge on any atom is -0.384 e. The molecule has 3 N–H and O–H groups in total. The van der Waals surface area contributed by atoms with Gasteiger partial charge in [-0.05, 0) is 19.1 Å². The molecule has 0 saturated carbocycles. The van der Waals surface area contributed by atoms with Crippen molar-refractivity contribution in [3.05, 3.63) is 62.6 Å². The van der Waals surface area contributed by atoms with Crippen molar-refractivity contribution in [1.29, 1.82) is 0 Å². The maximum Gasteiger partial charge on any atom is 0.349 e. The number of fused-ring (bicyclic) bond motifs is 1. The number of carbonyl (C=O) groups is 1. The van der Waals surface area contributed by atoms with Crippen LogP contribution in [-0.4, -0.2) is 26.9 Å². The van der Waals surface area contributed by atoms with Crippen molar-refractivity contribution in [3.8, 4) is 0 Å². The first-order valence-corrected chi connectivity index (χ1v) is 7.08. The molecule has 0 radical (unpaired) electrons. The van der Waals surface area contributed by atoms with E-state index in [1.165, 1.54) is 0 Å². The smallest absolute Gasteiger partial charge is 0.349 e. The lowest BCUT2D eigenvalue weighted by Crippen LogP contribution is -2.40. The molecule has 0 amide bonds. The fourth-order valence-electron chi connectivity index (χ4n) is 2.27. The van der Waals surface area contributed by atoms with Crippen LogP contribution in [0.2, 0.25) is 0 Å². The number of rotatable bonds is 4. The molecule has 0 aliphatic heterocycles. The summed E-state index contributed by atoms with van der Waals surface area (Å²) in [4.78, 5) is 44.3. The molecule has 0 aliphatic carbocycles. The summed E-state index contributed by atoms with van der Waals surface area (Å²) < 4.78 is 5.94. The fourth-order valence-corrected chi connectivity index (χ4v) is 2.27. The van der Waals surface area contributed by atoms with E-state index in [4.69, 9.17) is 15.1 Å². The standard InChI is InChI=1S/C15H14N4O5/c1-8-10(14(21)18-23-8)6-11(16)15(22)24-19-7-17-13(20)9-4-2-3-5-12(9)19/h2-5,7,11H,6,16H2,1H3,(H,18,21). The Morgan fingerprint density at radius 3 is 2.88 bits per heavy atom. The second kappa shape index (κ2) is 6.13. The van der Waals surface area contributed by atoms with Crippen LogP contribution in [0.5, 0.6) is 0 Å². The molecule has 2 aromatic heterocycles. The molecule has 0 fully saturated rings. The van der Waals surface area contributed by atoms with E-state index in [-0.39, 0.29) is 12.0 Å². The number of H-pyrrole nitrogens is 1. The Hall–Kier alpha value is -3.20. The average Bonchev–Trinajstić information content (AvgIpc) is 2.89. The van der Waals surface area contributed by atoms with Crippen LogP contribution < -0.4 is 21.7 Å². The van der Waals surface area contributed by atoms with E-state index < -0.39 is 23.1 Å². The van der Waals surface area contributed by atoms with Crippen LogP contribution in [0.3, 0.4) is 0 Å². The molecular weight excluding hydrogens is 316 g/mol. The van der Waals surface area contributed by atoms with Crippen molar-refractivity contribution in [2.75, 3.05) is 0 Å². The first-order valence-electron chi connectivity index (χ1n) is 7.08. The SMILES string of the molecule is Cc1o[nH]c(=O)c1CC(N)C(=O)On1cnc(=O)c2ccccc21. The summed E-state index contributed by atoms with van der Waals surface area (Å²) in [5, 5.41) is 2.48. The Labute approximate surface area is 134 Å². The molecule has 3 rings (SSSR count). The molecule has 0 bridgehead atoms. The van der Waals surface area contributed by atoms with Gasteiger partial charge in [-0.25, -0.2) is 4.79 Å². The molecule has 2 heterocycles. The summed E-state index contributed by atoms with van der Waals surface area (Å²) in [6.07, 6.45) is 1.06. The maximum absolute atomic E-state index is 12.2. The molecule has 124 valence electrons. The summed E-state index contributed by atoms with van der Waals surface area (Å²) in [5.41, 5.74) is 5.60. The average molecular weight is 330 g/mol. The Bertz CT molecular complexity index is 1020. The van der Waals surface area contributed by atoms with Gasteiger partial charge in [0.1, 0.15) is 18.1 Å². The zero-order valence-corrected chi connectivity index (χ0v) is 12.7. The third-order valence-electron chi connectivity index (χ3n) is 3.56. The summed E-state index contributed by atoms with van der Waals surface area (Å²) in [6, 6.07) is 5.48. The number of aromatic amines is 1.